The van der Waals surface area contributed by atoms with Crippen molar-refractivity contribution in [2.24, 2.45) is 0 Å². The van der Waals surface area contributed by atoms with Crippen LogP contribution >= 0.6 is 11.6 Å². The molecular weight excluding hydrogens is 286 g/mol. The highest BCUT2D eigenvalue weighted by Gasteiger charge is 2.30. The minimum absolute atomic E-state index is 0.194. The summed E-state index contributed by atoms with van der Waals surface area (Å²) in [5.41, 5.74) is 2.38. The third-order valence-electron chi connectivity index (χ3n) is 3.48. The zero-order chi connectivity index (χ0) is 15.0. The van der Waals surface area contributed by atoms with Gasteiger partial charge in [0.05, 0.1) is 11.3 Å². The summed E-state index contributed by atoms with van der Waals surface area (Å²) in [5.74, 6) is -0.392. The lowest BCUT2D eigenvalue weighted by atomic mass is 10.0. The number of hydrogen-bond acceptors (Lipinski definition) is 2. The van der Waals surface area contributed by atoms with Gasteiger partial charge in [0.15, 0.2) is 5.78 Å². The van der Waals surface area contributed by atoms with Crippen LogP contribution in [0, 0.1) is 0 Å². The van der Waals surface area contributed by atoms with Gasteiger partial charge in [-0.1, -0.05) is 41.9 Å². The molecule has 104 valence electrons. The van der Waals surface area contributed by atoms with E-state index < -0.39 is 0 Å². The molecule has 0 N–H and O–H groups in total. The molecule has 0 bridgehead atoms. The van der Waals surface area contributed by atoms with Crippen LogP contribution in [-0.2, 0) is 4.79 Å². The van der Waals surface area contributed by atoms with Crippen LogP contribution in [0.4, 0.5) is 5.69 Å². The van der Waals surface area contributed by atoms with Crippen LogP contribution in [0.1, 0.15) is 15.9 Å². The van der Waals surface area contributed by atoms with Crippen molar-refractivity contribution in [3.05, 3.63) is 70.8 Å². The van der Waals surface area contributed by atoms with Crippen LogP contribution in [0.3, 0.4) is 0 Å². The van der Waals surface area contributed by atoms with Gasteiger partial charge in [-0.25, -0.2) is 0 Å². The third-order valence-corrected chi connectivity index (χ3v) is 3.71. The number of rotatable bonds is 2. The van der Waals surface area contributed by atoms with E-state index in [9.17, 15) is 9.59 Å². The van der Waals surface area contributed by atoms with Gasteiger partial charge < -0.3 is 4.90 Å². The Labute approximate surface area is 127 Å². The molecule has 2 aromatic carbocycles. The first kappa shape index (κ1) is 13.6. The fourth-order valence-electron chi connectivity index (χ4n) is 2.38. The Hall–Kier alpha value is -2.39. The van der Waals surface area contributed by atoms with E-state index in [0.717, 1.165) is 5.69 Å². The van der Waals surface area contributed by atoms with Gasteiger partial charge in [-0.3, -0.25) is 9.59 Å². The molecule has 21 heavy (non-hydrogen) atoms. The summed E-state index contributed by atoms with van der Waals surface area (Å²) in [4.78, 5) is 26.1. The maximum atomic E-state index is 12.3. The monoisotopic (exact) mass is 297 g/mol. The first-order chi connectivity index (χ1) is 10.1. The molecule has 4 heteroatoms. The summed E-state index contributed by atoms with van der Waals surface area (Å²) in [6, 6.07) is 14.1. The van der Waals surface area contributed by atoms with E-state index in [0.29, 0.717) is 21.7 Å². The molecule has 0 atom stereocenters. The van der Waals surface area contributed by atoms with Crippen LogP contribution < -0.4 is 4.90 Å². The second kappa shape index (κ2) is 5.19. The van der Waals surface area contributed by atoms with Crippen molar-refractivity contribution in [3.8, 4) is 0 Å². The predicted octanol–water partition coefficient (Wildman–Crippen LogP) is 3.58. The molecule has 0 radical (unpaired) electrons. The predicted molar refractivity (Wildman–Crippen MR) is 83.6 cm³/mol. The van der Waals surface area contributed by atoms with Crippen LogP contribution in [0.5, 0.6) is 0 Å². The number of benzene rings is 2. The van der Waals surface area contributed by atoms with E-state index in [1.165, 1.54) is 11.0 Å². The summed E-state index contributed by atoms with van der Waals surface area (Å²) < 4.78 is 0. The Balaban J connectivity index is 2.07. The van der Waals surface area contributed by atoms with E-state index in [1.54, 1.807) is 49.5 Å². The highest BCUT2D eigenvalue weighted by atomic mass is 35.5. The standard InChI is InChI=1S/C17H12ClNO2/c1-19-15-8-7-12(18)9-13(15)14(17(19)21)10-16(20)11-5-3-2-4-6-11/h2-10H,1H3. The zero-order valence-electron chi connectivity index (χ0n) is 11.3. The van der Waals surface area contributed by atoms with Gasteiger partial charge >= 0.3 is 0 Å². The Morgan fingerprint density at radius 2 is 1.86 bits per heavy atom. The van der Waals surface area contributed by atoms with Crippen LogP contribution in [0.25, 0.3) is 5.57 Å². The number of fused-ring (bicyclic) bond motifs is 1. The lowest BCUT2D eigenvalue weighted by Gasteiger charge is -2.08. The van der Waals surface area contributed by atoms with E-state index in [-0.39, 0.29) is 11.7 Å². The summed E-state index contributed by atoms with van der Waals surface area (Å²) in [5, 5.41) is 0.537. The molecule has 0 saturated heterocycles. The van der Waals surface area contributed by atoms with Gasteiger partial charge in [0.2, 0.25) is 0 Å². The molecule has 3 nitrogen and oxygen atoms in total. The first-order valence-corrected chi connectivity index (χ1v) is 6.85. The minimum atomic E-state index is -0.198. The number of amides is 1. The Bertz CT molecular complexity index is 766. The zero-order valence-corrected chi connectivity index (χ0v) is 12.1. The van der Waals surface area contributed by atoms with Gasteiger partial charge in [-0.2, -0.15) is 0 Å². The van der Waals surface area contributed by atoms with Crippen LogP contribution in [0.15, 0.2) is 54.6 Å². The number of hydrogen-bond donors (Lipinski definition) is 0. The molecule has 0 unspecified atom stereocenters. The van der Waals surface area contributed by atoms with Crippen LogP contribution in [0.2, 0.25) is 5.02 Å². The maximum Gasteiger partial charge on any atom is 0.258 e. The number of allylic oxidation sites excluding steroid dienone is 1. The van der Waals surface area contributed by atoms with Crippen molar-refractivity contribution in [1.82, 2.24) is 0 Å². The number of likely N-dealkylation sites (N-methyl/N-ethyl adjacent to an activating group) is 1. The van der Waals surface area contributed by atoms with Gasteiger partial charge in [0, 0.05) is 23.2 Å². The Kier molecular flexibility index (Phi) is 3.35. The molecule has 1 amide bonds. The number of anilines is 1. The Morgan fingerprint density at radius 3 is 2.57 bits per heavy atom. The molecule has 1 aliphatic heterocycles. The topological polar surface area (TPSA) is 37.4 Å². The molecule has 2 aromatic rings. The largest absolute Gasteiger partial charge is 0.311 e. The number of carbonyl (C=O) groups is 2. The van der Waals surface area contributed by atoms with Gasteiger partial charge in [0.25, 0.3) is 5.91 Å². The van der Waals surface area contributed by atoms with Gasteiger partial charge in [-0.15, -0.1) is 0 Å². The minimum Gasteiger partial charge on any atom is -0.311 e. The molecule has 0 aromatic heterocycles. The second-order valence-electron chi connectivity index (χ2n) is 4.81. The fraction of sp³-hybridized carbons (Fsp3) is 0.0588. The normalized spacial score (nSPS) is 15.4. The average Bonchev–Trinajstić information content (AvgIpc) is 2.73. The summed E-state index contributed by atoms with van der Waals surface area (Å²) >= 11 is 6.00. The quantitative estimate of drug-likeness (QED) is 0.627. The van der Waals surface area contributed by atoms with Crippen molar-refractivity contribution < 1.29 is 9.59 Å². The number of carbonyl (C=O) groups excluding carboxylic acids is 2. The van der Waals surface area contributed by atoms with Crippen molar-refractivity contribution >= 4 is 34.6 Å². The highest BCUT2D eigenvalue weighted by molar-refractivity contribution is 6.37. The summed E-state index contributed by atoms with van der Waals surface area (Å²) in [6.45, 7) is 0. The number of halogens is 1. The summed E-state index contributed by atoms with van der Waals surface area (Å²) in [7, 11) is 1.68. The van der Waals surface area contributed by atoms with Crippen molar-refractivity contribution in [2.45, 2.75) is 0 Å². The van der Waals surface area contributed by atoms with Gasteiger partial charge in [0.1, 0.15) is 0 Å². The second-order valence-corrected chi connectivity index (χ2v) is 5.25. The van der Waals surface area contributed by atoms with E-state index >= 15 is 0 Å². The SMILES string of the molecule is CN1C(=O)C(=CC(=O)c2ccccc2)c2cc(Cl)ccc21. The average molecular weight is 298 g/mol. The molecule has 0 aliphatic carbocycles. The van der Waals surface area contributed by atoms with Crippen molar-refractivity contribution in [3.63, 3.8) is 0 Å². The van der Waals surface area contributed by atoms with E-state index in [2.05, 4.69) is 0 Å². The highest BCUT2D eigenvalue weighted by Crippen LogP contribution is 2.37. The number of nitrogens with zero attached hydrogens (tertiary/aromatic N) is 1. The number of ketones is 1. The van der Waals surface area contributed by atoms with E-state index in [1.807, 2.05) is 6.07 Å². The molecule has 1 heterocycles. The summed E-state index contributed by atoms with van der Waals surface area (Å²) in [6.07, 6.45) is 1.39. The smallest absolute Gasteiger partial charge is 0.258 e. The molecular formula is C17H12ClNO2. The molecule has 0 spiro atoms. The Morgan fingerprint density at radius 1 is 1.14 bits per heavy atom. The molecule has 0 saturated carbocycles. The molecule has 3 rings (SSSR count). The molecule has 0 fully saturated rings. The lowest BCUT2D eigenvalue weighted by Crippen LogP contribution is -2.20. The van der Waals surface area contributed by atoms with Crippen LogP contribution in [-0.4, -0.2) is 18.7 Å². The molecule has 1 aliphatic rings. The van der Waals surface area contributed by atoms with Crippen molar-refractivity contribution in [2.75, 3.05) is 11.9 Å². The maximum absolute atomic E-state index is 12.3. The third kappa shape index (κ3) is 2.36. The van der Waals surface area contributed by atoms with Gasteiger partial charge in [-0.05, 0) is 24.3 Å². The first-order valence-electron chi connectivity index (χ1n) is 6.47. The van der Waals surface area contributed by atoms with E-state index in [4.69, 9.17) is 11.6 Å². The lowest BCUT2D eigenvalue weighted by molar-refractivity contribution is -0.112. The fourth-order valence-corrected chi connectivity index (χ4v) is 2.55. The van der Waals surface area contributed by atoms with Crippen molar-refractivity contribution in [1.29, 1.82) is 0 Å².